The van der Waals surface area contributed by atoms with Crippen molar-refractivity contribution in [3.63, 3.8) is 0 Å². The van der Waals surface area contributed by atoms with Gasteiger partial charge in [-0.15, -0.1) is 10.1 Å². The third kappa shape index (κ3) is 2.65. The number of nitro groups is 1. The second kappa shape index (κ2) is 4.39. The largest absolute Gasteiger partial charge is 0.335 e. The second-order valence-electron chi connectivity index (χ2n) is 2.73. The zero-order chi connectivity index (χ0) is 11.4. The lowest BCUT2D eigenvalue weighted by Crippen LogP contribution is -2.37. The Morgan fingerprint density at radius 3 is 2.53 bits per heavy atom. The summed E-state index contributed by atoms with van der Waals surface area (Å²) in [6.45, 7) is 0.274. The number of nitrogens with zero attached hydrogens (tertiary/aromatic N) is 4. The zero-order valence-corrected chi connectivity index (χ0v) is 7.66. The van der Waals surface area contributed by atoms with Crippen molar-refractivity contribution in [2.45, 2.75) is 0 Å². The Kier molecular flexibility index (Phi) is 3.21. The van der Waals surface area contributed by atoms with E-state index in [9.17, 15) is 20.2 Å². The number of rotatable bonds is 5. The first-order valence-corrected chi connectivity index (χ1v) is 4.05. The first kappa shape index (κ1) is 10.9. The van der Waals surface area contributed by atoms with Crippen LogP contribution in [0.1, 0.15) is 0 Å². The first-order valence-electron chi connectivity index (χ1n) is 4.05. The fourth-order valence-electron chi connectivity index (χ4n) is 1.19. The molecule has 1 aliphatic heterocycles. The van der Waals surface area contributed by atoms with Gasteiger partial charge >= 0.3 is 0 Å². The minimum absolute atomic E-state index is 0.0875. The molecule has 1 heterocycles. The Balaban J connectivity index is 2.36. The molecule has 10 heteroatoms. The van der Waals surface area contributed by atoms with Crippen molar-refractivity contribution in [1.82, 2.24) is 9.91 Å². The van der Waals surface area contributed by atoms with Crippen molar-refractivity contribution in [2.24, 2.45) is 0 Å². The minimum Gasteiger partial charge on any atom is -0.335 e. The molecule has 0 aromatic carbocycles. The van der Waals surface area contributed by atoms with Crippen molar-refractivity contribution in [1.29, 1.82) is 5.41 Å². The van der Waals surface area contributed by atoms with E-state index in [1.54, 1.807) is 0 Å². The molecule has 0 spiro atoms. The SMILES string of the molecule is N=C1N(CCO[N+](=O)[O-])CCN1[N+](=O)[O-]. The van der Waals surface area contributed by atoms with E-state index in [0.29, 0.717) is 11.6 Å². The predicted molar refractivity (Wildman–Crippen MR) is 45.9 cm³/mol. The van der Waals surface area contributed by atoms with Crippen LogP contribution in [0.3, 0.4) is 0 Å². The van der Waals surface area contributed by atoms with Crippen LogP contribution in [0.15, 0.2) is 0 Å². The molecular weight excluding hydrogens is 210 g/mol. The highest BCUT2D eigenvalue weighted by Crippen LogP contribution is 2.06. The van der Waals surface area contributed by atoms with Crippen LogP contribution in [0.4, 0.5) is 0 Å². The molecule has 0 unspecified atom stereocenters. The van der Waals surface area contributed by atoms with E-state index in [4.69, 9.17) is 5.41 Å². The Morgan fingerprint density at radius 1 is 1.40 bits per heavy atom. The van der Waals surface area contributed by atoms with Crippen molar-refractivity contribution < 1.29 is 15.0 Å². The summed E-state index contributed by atoms with van der Waals surface area (Å²) in [6, 6.07) is 0. The van der Waals surface area contributed by atoms with Crippen LogP contribution in [-0.2, 0) is 4.84 Å². The molecule has 0 saturated carbocycles. The third-order valence-corrected chi connectivity index (χ3v) is 1.88. The summed E-state index contributed by atoms with van der Waals surface area (Å²) < 4.78 is 0. The fourth-order valence-corrected chi connectivity index (χ4v) is 1.19. The molecule has 0 amide bonds. The van der Waals surface area contributed by atoms with Crippen LogP contribution in [0.2, 0.25) is 0 Å². The van der Waals surface area contributed by atoms with E-state index in [1.807, 2.05) is 0 Å². The molecule has 15 heavy (non-hydrogen) atoms. The van der Waals surface area contributed by atoms with Crippen molar-refractivity contribution in [2.75, 3.05) is 26.2 Å². The second-order valence-corrected chi connectivity index (χ2v) is 2.73. The van der Waals surface area contributed by atoms with Crippen molar-refractivity contribution >= 4 is 5.96 Å². The van der Waals surface area contributed by atoms with E-state index in [2.05, 4.69) is 4.84 Å². The van der Waals surface area contributed by atoms with Crippen molar-refractivity contribution in [3.8, 4) is 0 Å². The normalized spacial score (nSPS) is 15.6. The van der Waals surface area contributed by atoms with Gasteiger partial charge in [0.15, 0.2) is 5.03 Å². The highest BCUT2D eigenvalue weighted by molar-refractivity contribution is 5.77. The van der Waals surface area contributed by atoms with Crippen molar-refractivity contribution in [3.05, 3.63) is 20.2 Å². The predicted octanol–water partition coefficient (Wildman–Crippen LogP) is -1.06. The molecule has 0 aliphatic carbocycles. The highest BCUT2D eigenvalue weighted by Gasteiger charge is 2.32. The van der Waals surface area contributed by atoms with E-state index >= 15 is 0 Å². The number of nitrogens with one attached hydrogen (secondary N) is 1. The van der Waals surface area contributed by atoms with Crippen LogP contribution in [0, 0.1) is 25.6 Å². The maximum absolute atomic E-state index is 10.4. The molecular formula is C5H9N5O5. The van der Waals surface area contributed by atoms with Crippen LogP contribution in [-0.4, -0.2) is 52.2 Å². The van der Waals surface area contributed by atoms with E-state index < -0.39 is 10.1 Å². The maximum atomic E-state index is 10.4. The van der Waals surface area contributed by atoms with Gasteiger partial charge in [-0.1, -0.05) is 5.01 Å². The first-order chi connectivity index (χ1) is 7.02. The lowest BCUT2D eigenvalue weighted by Gasteiger charge is -2.15. The molecule has 0 atom stereocenters. The standard InChI is InChI=1S/C5H9N5O5/c6-5-7(3-4-15-10(13)14)1-2-8(5)9(11)12/h6H,1-4H2. The average molecular weight is 219 g/mol. The molecule has 84 valence electrons. The van der Waals surface area contributed by atoms with E-state index in [1.165, 1.54) is 4.90 Å². The number of hydrazine groups is 1. The van der Waals surface area contributed by atoms with Gasteiger partial charge in [-0.05, 0) is 0 Å². The van der Waals surface area contributed by atoms with Gasteiger partial charge in [0.05, 0.1) is 0 Å². The summed E-state index contributed by atoms with van der Waals surface area (Å²) in [5.74, 6) is -0.271. The molecule has 1 saturated heterocycles. The van der Waals surface area contributed by atoms with Crippen LogP contribution >= 0.6 is 0 Å². The minimum atomic E-state index is -0.940. The summed E-state index contributed by atoms with van der Waals surface area (Å²) in [5, 5.41) is 26.6. The van der Waals surface area contributed by atoms with Gasteiger partial charge in [0.25, 0.3) is 11.0 Å². The molecule has 1 N–H and O–H groups in total. The average Bonchev–Trinajstić information content (AvgIpc) is 2.47. The zero-order valence-electron chi connectivity index (χ0n) is 7.66. The quantitative estimate of drug-likeness (QED) is 0.461. The molecule has 0 aromatic heterocycles. The fraction of sp³-hybridized carbons (Fsp3) is 0.800. The van der Waals surface area contributed by atoms with E-state index in [0.717, 1.165) is 0 Å². The number of guanidine groups is 1. The summed E-state index contributed by atoms with van der Waals surface area (Å²) in [7, 11) is 0. The molecule has 1 fully saturated rings. The number of hydrogen-bond donors (Lipinski definition) is 1. The highest BCUT2D eigenvalue weighted by atomic mass is 16.9. The Morgan fingerprint density at radius 2 is 2.07 bits per heavy atom. The van der Waals surface area contributed by atoms with Gasteiger partial charge in [-0.2, -0.15) is 0 Å². The van der Waals surface area contributed by atoms with Gasteiger partial charge in [-0.25, -0.2) is 10.1 Å². The Labute approximate surface area is 83.7 Å². The molecule has 1 aliphatic rings. The van der Waals surface area contributed by atoms with Gasteiger partial charge < -0.3 is 9.74 Å². The number of hydrogen-bond acceptors (Lipinski definition) is 6. The van der Waals surface area contributed by atoms with Crippen LogP contribution in [0.25, 0.3) is 0 Å². The lowest BCUT2D eigenvalue weighted by molar-refractivity contribution is -0.757. The molecule has 1 rings (SSSR count). The van der Waals surface area contributed by atoms with Crippen LogP contribution in [0.5, 0.6) is 0 Å². The third-order valence-electron chi connectivity index (χ3n) is 1.88. The topological polar surface area (TPSA) is 126 Å². The van der Waals surface area contributed by atoms with Gasteiger partial charge in [-0.3, -0.25) is 5.41 Å². The summed E-state index contributed by atoms with van der Waals surface area (Å²) in [5.41, 5.74) is 0. The Bertz CT molecular complexity index is 294. The molecule has 10 nitrogen and oxygen atoms in total. The van der Waals surface area contributed by atoms with Gasteiger partial charge in [0, 0.05) is 13.1 Å². The molecule has 0 aromatic rings. The maximum Gasteiger partial charge on any atom is 0.294 e. The van der Waals surface area contributed by atoms with E-state index in [-0.39, 0.29) is 25.7 Å². The van der Waals surface area contributed by atoms with Gasteiger partial charge in [0.2, 0.25) is 0 Å². The van der Waals surface area contributed by atoms with Gasteiger partial charge in [0.1, 0.15) is 13.2 Å². The summed E-state index contributed by atoms with van der Waals surface area (Å²) in [4.78, 5) is 25.6. The molecule has 0 radical (unpaired) electrons. The molecule has 0 bridgehead atoms. The lowest BCUT2D eigenvalue weighted by atomic mass is 10.5. The summed E-state index contributed by atoms with van der Waals surface area (Å²) in [6.07, 6.45) is 0. The monoisotopic (exact) mass is 219 g/mol. The summed E-state index contributed by atoms with van der Waals surface area (Å²) >= 11 is 0. The Hall–Kier alpha value is -2.13. The smallest absolute Gasteiger partial charge is 0.294 e. The van der Waals surface area contributed by atoms with Crippen LogP contribution < -0.4 is 0 Å².